The van der Waals surface area contributed by atoms with Gasteiger partial charge in [0.2, 0.25) is 0 Å². The molecule has 2 N–H and O–H groups in total. The first-order valence-corrected chi connectivity index (χ1v) is 12.5. The first-order valence-electron chi connectivity index (χ1n) is 12.5. The minimum atomic E-state index is -0.586. The number of carbonyl (C=O) groups is 3. The van der Waals surface area contributed by atoms with Gasteiger partial charge in [-0.15, -0.1) is 0 Å². The van der Waals surface area contributed by atoms with Crippen LogP contribution in [0.5, 0.6) is 0 Å². The van der Waals surface area contributed by atoms with Crippen molar-refractivity contribution in [3.05, 3.63) is 46.2 Å². The van der Waals surface area contributed by atoms with Crippen molar-refractivity contribution < 1.29 is 19.1 Å². The van der Waals surface area contributed by atoms with Crippen LogP contribution in [0.2, 0.25) is 0 Å². The molecule has 1 fully saturated rings. The number of likely N-dealkylation sites (N-methyl/N-ethyl adjacent to an activating group) is 1. The van der Waals surface area contributed by atoms with Gasteiger partial charge in [-0.1, -0.05) is 23.8 Å². The summed E-state index contributed by atoms with van der Waals surface area (Å²) in [5, 5.41) is 5.98. The van der Waals surface area contributed by atoms with Crippen molar-refractivity contribution in [2.24, 2.45) is 0 Å². The summed E-state index contributed by atoms with van der Waals surface area (Å²) >= 11 is 0. The van der Waals surface area contributed by atoms with Gasteiger partial charge < -0.3 is 20.3 Å². The zero-order valence-corrected chi connectivity index (χ0v) is 21.8. The smallest absolute Gasteiger partial charge is 0.338 e. The molecular weight excluding hydrogens is 446 g/mol. The third-order valence-electron chi connectivity index (χ3n) is 6.44. The number of carbonyl (C=O) groups excluding carboxylic acids is 3. The van der Waals surface area contributed by atoms with Gasteiger partial charge in [-0.25, -0.2) is 14.4 Å². The van der Waals surface area contributed by atoms with Gasteiger partial charge in [-0.05, 0) is 52.7 Å². The number of ether oxygens (including phenoxy) is 1. The molecule has 1 aromatic rings. The van der Waals surface area contributed by atoms with Crippen molar-refractivity contribution in [1.82, 2.24) is 25.3 Å². The summed E-state index contributed by atoms with van der Waals surface area (Å²) < 4.78 is 5.48. The first-order chi connectivity index (χ1) is 16.7. The van der Waals surface area contributed by atoms with Gasteiger partial charge in [0.25, 0.3) is 0 Å². The number of benzene rings is 1. The number of rotatable bonds is 7. The van der Waals surface area contributed by atoms with Crippen LogP contribution in [0.15, 0.2) is 29.5 Å². The normalized spacial score (nSPS) is 19.2. The van der Waals surface area contributed by atoms with E-state index in [-0.39, 0.29) is 24.7 Å². The summed E-state index contributed by atoms with van der Waals surface area (Å²) in [6, 6.07) is 5.25. The summed E-state index contributed by atoms with van der Waals surface area (Å²) in [5.41, 5.74) is 4.09. The highest BCUT2D eigenvalue weighted by Crippen LogP contribution is 2.34. The lowest BCUT2D eigenvalue weighted by Gasteiger charge is -2.40. The zero-order valence-electron chi connectivity index (χ0n) is 21.8. The molecular formula is C26H39N5O4. The SMILES string of the molecule is CCOC(=O)C1=C(CN2CCN(C(=O)NC(C)C)CC2)N(CC)C(=O)N[C@H]1c1cc(C)ccc1C. The van der Waals surface area contributed by atoms with Crippen LogP contribution >= 0.6 is 0 Å². The molecule has 4 amide bonds. The quantitative estimate of drug-likeness (QED) is 0.579. The van der Waals surface area contributed by atoms with E-state index in [0.29, 0.717) is 50.5 Å². The molecule has 0 unspecified atom stereocenters. The number of amides is 4. The van der Waals surface area contributed by atoms with E-state index in [9.17, 15) is 14.4 Å². The van der Waals surface area contributed by atoms with Crippen LogP contribution in [0.25, 0.3) is 0 Å². The molecule has 0 aromatic heterocycles. The third kappa shape index (κ3) is 6.14. The van der Waals surface area contributed by atoms with Gasteiger partial charge in [0.15, 0.2) is 0 Å². The van der Waals surface area contributed by atoms with Gasteiger partial charge in [0, 0.05) is 51.0 Å². The molecule has 35 heavy (non-hydrogen) atoms. The fourth-order valence-corrected chi connectivity index (χ4v) is 4.62. The summed E-state index contributed by atoms with van der Waals surface area (Å²) in [5.74, 6) is -0.415. The maximum atomic E-state index is 13.3. The number of hydrogen-bond donors (Lipinski definition) is 2. The van der Waals surface area contributed by atoms with Crippen LogP contribution in [0.4, 0.5) is 9.59 Å². The lowest BCUT2D eigenvalue weighted by Crippen LogP contribution is -2.55. The molecule has 1 saturated heterocycles. The number of nitrogens with one attached hydrogen (secondary N) is 2. The van der Waals surface area contributed by atoms with Crippen molar-refractivity contribution in [3.8, 4) is 0 Å². The maximum absolute atomic E-state index is 13.3. The number of esters is 1. The Morgan fingerprint density at radius 1 is 1.14 bits per heavy atom. The van der Waals surface area contributed by atoms with E-state index >= 15 is 0 Å². The molecule has 0 spiro atoms. The number of hydrogen-bond acceptors (Lipinski definition) is 5. The molecule has 2 heterocycles. The molecule has 3 rings (SSSR count). The van der Waals surface area contributed by atoms with Crippen LogP contribution in [-0.4, -0.2) is 84.6 Å². The number of piperazine rings is 1. The molecule has 0 saturated carbocycles. The van der Waals surface area contributed by atoms with E-state index in [1.165, 1.54) is 0 Å². The minimum Gasteiger partial charge on any atom is -0.463 e. The molecule has 1 atom stereocenters. The summed E-state index contributed by atoms with van der Waals surface area (Å²) in [7, 11) is 0. The number of urea groups is 2. The van der Waals surface area contributed by atoms with Gasteiger partial charge in [-0.2, -0.15) is 0 Å². The van der Waals surface area contributed by atoms with Gasteiger partial charge >= 0.3 is 18.0 Å². The molecule has 2 aliphatic rings. The molecule has 192 valence electrons. The van der Waals surface area contributed by atoms with E-state index < -0.39 is 12.0 Å². The molecule has 9 heteroatoms. The second kappa shape index (κ2) is 11.6. The predicted octanol–water partition coefficient (Wildman–Crippen LogP) is 2.94. The van der Waals surface area contributed by atoms with Gasteiger partial charge in [0.05, 0.1) is 18.2 Å². The highest BCUT2D eigenvalue weighted by molar-refractivity contribution is 5.95. The van der Waals surface area contributed by atoms with E-state index in [0.717, 1.165) is 16.7 Å². The summed E-state index contributed by atoms with van der Waals surface area (Å²) in [4.78, 5) is 44.5. The Balaban J connectivity index is 1.95. The third-order valence-corrected chi connectivity index (χ3v) is 6.44. The van der Waals surface area contributed by atoms with Crippen LogP contribution in [0.1, 0.15) is 50.4 Å². The minimum absolute atomic E-state index is 0.0618. The predicted molar refractivity (Wildman–Crippen MR) is 135 cm³/mol. The average Bonchev–Trinajstić information content (AvgIpc) is 2.80. The standard InChI is InChI=1S/C26H39N5O4/c1-7-31-21(16-29-11-13-30(14-12-29)25(33)27-17(3)4)22(24(32)35-8-2)23(28-26(31)34)20-15-18(5)9-10-19(20)6/h9-10,15,17,23H,7-8,11-14,16H2,1-6H3,(H,27,33)(H,28,34)/t23-/m0/s1. The Bertz CT molecular complexity index is 982. The maximum Gasteiger partial charge on any atom is 0.338 e. The highest BCUT2D eigenvalue weighted by Gasteiger charge is 2.39. The van der Waals surface area contributed by atoms with Crippen molar-refractivity contribution >= 4 is 18.0 Å². The fraction of sp³-hybridized carbons (Fsp3) is 0.577. The Kier molecular flexibility index (Phi) is 8.77. The zero-order chi connectivity index (χ0) is 25.7. The average molecular weight is 486 g/mol. The summed E-state index contributed by atoms with van der Waals surface area (Å²) in [6.07, 6.45) is 0. The number of aryl methyl sites for hydroxylation is 2. The topological polar surface area (TPSA) is 94.2 Å². The van der Waals surface area contributed by atoms with E-state index in [2.05, 4.69) is 15.5 Å². The monoisotopic (exact) mass is 485 g/mol. The second-order valence-corrected chi connectivity index (χ2v) is 9.44. The molecule has 1 aromatic carbocycles. The van der Waals surface area contributed by atoms with E-state index in [1.54, 1.807) is 16.7 Å². The van der Waals surface area contributed by atoms with Crippen molar-refractivity contribution in [1.29, 1.82) is 0 Å². The summed E-state index contributed by atoms with van der Waals surface area (Å²) in [6.45, 7) is 15.1. The van der Waals surface area contributed by atoms with Crippen LogP contribution in [0.3, 0.4) is 0 Å². The molecule has 0 bridgehead atoms. The lowest BCUT2D eigenvalue weighted by atomic mass is 9.90. The lowest BCUT2D eigenvalue weighted by molar-refractivity contribution is -0.139. The Hall–Kier alpha value is -3.07. The second-order valence-electron chi connectivity index (χ2n) is 9.44. The van der Waals surface area contributed by atoms with Crippen LogP contribution in [0, 0.1) is 13.8 Å². The molecule has 0 aliphatic carbocycles. The molecule has 9 nitrogen and oxygen atoms in total. The van der Waals surface area contributed by atoms with Crippen molar-refractivity contribution in [2.75, 3.05) is 45.9 Å². The van der Waals surface area contributed by atoms with Crippen molar-refractivity contribution in [2.45, 2.75) is 53.6 Å². The Morgan fingerprint density at radius 3 is 2.43 bits per heavy atom. The fourth-order valence-electron chi connectivity index (χ4n) is 4.62. The number of nitrogens with zero attached hydrogens (tertiary/aromatic N) is 3. The van der Waals surface area contributed by atoms with Crippen molar-refractivity contribution in [3.63, 3.8) is 0 Å². The Morgan fingerprint density at radius 2 is 1.83 bits per heavy atom. The molecule has 2 aliphatic heterocycles. The van der Waals surface area contributed by atoms with Gasteiger partial charge in [0.1, 0.15) is 0 Å². The largest absolute Gasteiger partial charge is 0.463 e. The van der Waals surface area contributed by atoms with Crippen LogP contribution in [-0.2, 0) is 9.53 Å². The van der Waals surface area contributed by atoms with Crippen LogP contribution < -0.4 is 10.6 Å². The van der Waals surface area contributed by atoms with Gasteiger partial charge in [-0.3, -0.25) is 9.80 Å². The molecule has 0 radical (unpaired) electrons. The first kappa shape index (κ1) is 26.5. The van der Waals surface area contributed by atoms with E-state index in [1.807, 2.05) is 52.8 Å². The highest BCUT2D eigenvalue weighted by atomic mass is 16.5. The van der Waals surface area contributed by atoms with E-state index in [4.69, 9.17) is 4.74 Å². The Labute approximate surface area is 208 Å².